The molecule has 1 amide bonds. The number of carboxylic acid groups (broad SMARTS) is 1. The minimum absolute atomic E-state index is 0.186. The van der Waals surface area contributed by atoms with Crippen LogP contribution in [0.1, 0.15) is 25.7 Å². The van der Waals surface area contributed by atoms with E-state index in [1.165, 1.54) is 12.8 Å². The zero-order chi connectivity index (χ0) is 13.5. The molecule has 1 aliphatic rings. The van der Waals surface area contributed by atoms with Crippen LogP contribution in [0.5, 0.6) is 0 Å². The fraction of sp³-hybridized carbons (Fsp3) is 0.778. The van der Waals surface area contributed by atoms with E-state index < -0.39 is 12.1 Å². The second-order valence-corrected chi connectivity index (χ2v) is 3.60. The number of hydrogen-bond acceptors (Lipinski definition) is 3. The summed E-state index contributed by atoms with van der Waals surface area (Å²) in [6.07, 6.45) is -1.20. The summed E-state index contributed by atoms with van der Waals surface area (Å²) < 4.78 is 31.7. The average molecular weight is 256 g/mol. The number of carboxylic acids is 1. The third kappa shape index (κ3) is 8.49. The van der Waals surface area contributed by atoms with Crippen molar-refractivity contribution >= 4 is 11.9 Å². The quantitative estimate of drug-likeness (QED) is 0.690. The summed E-state index contributed by atoms with van der Waals surface area (Å²) in [5.74, 6) is -2.94. The molecule has 5 nitrogen and oxygen atoms in total. The van der Waals surface area contributed by atoms with Gasteiger partial charge in [-0.2, -0.15) is 13.2 Å². The van der Waals surface area contributed by atoms with Gasteiger partial charge in [-0.25, -0.2) is 4.79 Å². The second-order valence-electron chi connectivity index (χ2n) is 3.60. The first-order chi connectivity index (χ1) is 7.73. The maximum absolute atomic E-state index is 10.6. The highest BCUT2D eigenvalue weighted by atomic mass is 19.4. The number of nitrogens with two attached hydrogens (primary N) is 1. The van der Waals surface area contributed by atoms with Gasteiger partial charge < -0.3 is 16.2 Å². The van der Waals surface area contributed by atoms with Crippen molar-refractivity contribution < 1.29 is 27.9 Å². The number of amides is 1. The van der Waals surface area contributed by atoms with Crippen LogP contribution in [0.25, 0.3) is 0 Å². The molecular formula is C9H15F3N2O3. The molecule has 0 radical (unpaired) electrons. The van der Waals surface area contributed by atoms with Crippen LogP contribution in [0.2, 0.25) is 0 Å². The van der Waals surface area contributed by atoms with Gasteiger partial charge in [-0.3, -0.25) is 4.79 Å². The standard InChI is InChI=1S/C7H14N2O.C2HF3O2/c8-7(10)4-3-6-2-1-5-9-6;3-2(4,5)1(6)7/h6,9H,1-5H2,(H2,8,10);(H,6,7). The summed E-state index contributed by atoms with van der Waals surface area (Å²) >= 11 is 0. The summed E-state index contributed by atoms with van der Waals surface area (Å²) in [6.45, 7) is 1.10. The first-order valence-corrected chi connectivity index (χ1v) is 5.05. The molecule has 1 rings (SSSR count). The maximum Gasteiger partial charge on any atom is 0.490 e. The van der Waals surface area contributed by atoms with E-state index in [0.29, 0.717) is 12.5 Å². The molecule has 0 spiro atoms. The van der Waals surface area contributed by atoms with E-state index in [2.05, 4.69) is 5.32 Å². The Morgan fingerprint density at radius 2 is 1.94 bits per heavy atom. The summed E-state index contributed by atoms with van der Waals surface area (Å²) in [4.78, 5) is 19.2. The van der Waals surface area contributed by atoms with E-state index in [4.69, 9.17) is 15.6 Å². The van der Waals surface area contributed by atoms with Gasteiger partial charge in [0.25, 0.3) is 0 Å². The summed E-state index contributed by atoms with van der Waals surface area (Å²) in [7, 11) is 0. The van der Waals surface area contributed by atoms with Crippen LogP contribution < -0.4 is 11.1 Å². The second kappa shape index (κ2) is 7.10. The van der Waals surface area contributed by atoms with E-state index in [0.717, 1.165) is 13.0 Å². The fourth-order valence-corrected chi connectivity index (χ4v) is 1.32. The highest BCUT2D eigenvalue weighted by Gasteiger charge is 2.38. The van der Waals surface area contributed by atoms with E-state index in [1.54, 1.807) is 0 Å². The molecule has 0 aliphatic carbocycles. The van der Waals surface area contributed by atoms with Gasteiger partial charge in [-0.05, 0) is 25.8 Å². The molecule has 0 saturated carbocycles. The third-order valence-electron chi connectivity index (χ3n) is 2.14. The first-order valence-electron chi connectivity index (χ1n) is 5.05. The monoisotopic (exact) mass is 256 g/mol. The average Bonchev–Trinajstić information content (AvgIpc) is 2.66. The number of carbonyl (C=O) groups excluding carboxylic acids is 1. The molecule has 0 aromatic rings. The molecule has 0 aromatic carbocycles. The summed E-state index contributed by atoms with van der Waals surface area (Å²) in [5.41, 5.74) is 5.00. The normalized spacial score (nSPS) is 19.4. The lowest BCUT2D eigenvalue weighted by Gasteiger charge is -2.06. The number of nitrogens with one attached hydrogen (secondary N) is 1. The molecule has 100 valence electrons. The first kappa shape index (κ1) is 15.7. The Morgan fingerprint density at radius 1 is 1.41 bits per heavy atom. The summed E-state index contributed by atoms with van der Waals surface area (Å²) in [6, 6.07) is 0.549. The van der Waals surface area contributed by atoms with Crippen molar-refractivity contribution in [1.29, 1.82) is 0 Å². The van der Waals surface area contributed by atoms with Crippen molar-refractivity contribution in [2.45, 2.75) is 37.9 Å². The predicted octanol–water partition coefficient (Wildman–Crippen LogP) is 0.637. The number of primary amides is 1. The van der Waals surface area contributed by atoms with Crippen molar-refractivity contribution in [2.75, 3.05) is 6.54 Å². The lowest BCUT2D eigenvalue weighted by molar-refractivity contribution is -0.192. The van der Waals surface area contributed by atoms with Gasteiger partial charge in [-0.15, -0.1) is 0 Å². The number of rotatable bonds is 3. The zero-order valence-corrected chi connectivity index (χ0v) is 9.09. The number of hydrogen-bond donors (Lipinski definition) is 3. The Bertz CT molecular complexity index is 263. The van der Waals surface area contributed by atoms with Crippen molar-refractivity contribution in [3.63, 3.8) is 0 Å². The van der Waals surface area contributed by atoms with Crippen LogP contribution in [0.4, 0.5) is 13.2 Å². The van der Waals surface area contributed by atoms with E-state index in [1.807, 2.05) is 0 Å². The fourth-order valence-electron chi connectivity index (χ4n) is 1.32. The molecule has 1 unspecified atom stereocenters. The van der Waals surface area contributed by atoms with E-state index in [-0.39, 0.29) is 5.91 Å². The molecule has 17 heavy (non-hydrogen) atoms. The molecular weight excluding hydrogens is 241 g/mol. The Balaban J connectivity index is 0.000000325. The van der Waals surface area contributed by atoms with Crippen molar-refractivity contribution in [3.05, 3.63) is 0 Å². The molecule has 1 heterocycles. The number of alkyl halides is 3. The van der Waals surface area contributed by atoms with Gasteiger partial charge in [0, 0.05) is 12.5 Å². The maximum atomic E-state index is 10.6. The molecule has 0 bridgehead atoms. The van der Waals surface area contributed by atoms with Crippen LogP contribution in [0.3, 0.4) is 0 Å². The molecule has 8 heteroatoms. The van der Waals surface area contributed by atoms with E-state index >= 15 is 0 Å². The largest absolute Gasteiger partial charge is 0.490 e. The SMILES string of the molecule is NC(=O)CCC1CCCN1.O=C(O)C(F)(F)F. The highest BCUT2D eigenvalue weighted by molar-refractivity contribution is 5.73. The van der Waals surface area contributed by atoms with Crippen LogP contribution in [-0.4, -0.2) is 35.7 Å². The third-order valence-corrected chi connectivity index (χ3v) is 2.14. The van der Waals surface area contributed by atoms with Crippen molar-refractivity contribution in [3.8, 4) is 0 Å². The van der Waals surface area contributed by atoms with Crippen LogP contribution >= 0.6 is 0 Å². The molecule has 1 aliphatic heterocycles. The highest BCUT2D eigenvalue weighted by Crippen LogP contribution is 2.13. The molecule has 0 aromatic heterocycles. The molecule has 1 atom stereocenters. The van der Waals surface area contributed by atoms with E-state index in [9.17, 15) is 18.0 Å². The zero-order valence-electron chi connectivity index (χ0n) is 9.09. The lowest BCUT2D eigenvalue weighted by Crippen LogP contribution is -2.23. The molecule has 4 N–H and O–H groups in total. The van der Waals surface area contributed by atoms with Gasteiger partial charge in [-0.1, -0.05) is 0 Å². The van der Waals surface area contributed by atoms with Crippen LogP contribution in [0.15, 0.2) is 0 Å². The molecule has 1 fully saturated rings. The van der Waals surface area contributed by atoms with Gasteiger partial charge in [0.05, 0.1) is 0 Å². The minimum atomic E-state index is -5.08. The Hall–Kier alpha value is -1.31. The van der Waals surface area contributed by atoms with Gasteiger partial charge in [0.1, 0.15) is 0 Å². The van der Waals surface area contributed by atoms with Gasteiger partial charge in [0.2, 0.25) is 5.91 Å². The topological polar surface area (TPSA) is 92.4 Å². The Labute approximate surface area is 96.2 Å². The molecule has 1 saturated heterocycles. The Kier molecular flexibility index (Phi) is 6.55. The van der Waals surface area contributed by atoms with Gasteiger partial charge >= 0.3 is 12.1 Å². The predicted molar refractivity (Wildman–Crippen MR) is 53.1 cm³/mol. The lowest BCUT2D eigenvalue weighted by atomic mass is 10.1. The van der Waals surface area contributed by atoms with Crippen LogP contribution in [0, 0.1) is 0 Å². The Morgan fingerprint density at radius 3 is 2.24 bits per heavy atom. The number of aliphatic carboxylic acids is 1. The smallest absolute Gasteiger partial charge is 0.475 e. The summed E-state index contributed by atoms with van der Waals surface area (Å²) in [5, 5.41) is 10.4. The minimum Gasteiger partial charge on any atom is -0.475 e. The van der Waals surface area contributed by atoms with Crippen molar-refractivity contribution in [2.24, 2.45) is 5.73 Å². The van der Waals surface area contributed by atoms with Gasteiger partial charge in [0.15, 0.2) is 0 Å². The van der Waals surface area contributed by atoms with Crippen LogP contribution in [-0.2, 0) is 9.59 Å². The number of carbonyl (C=O) groups is 2. The van der Waals surface area contributed by atoms with Crippen molar-refractivity contribution in [1.82, 2.24) is 5.32 Å². The number of halogens is 3.